The Bertz CT molecular complexity index is 435. The summed E-state index contributed by atoms with van der Waals surface area (Å²) in [5.41, 5.74) is 2.78. The molecule has 1 aromatic carbocycles. The van der Waals surface area contributed by atoms with Crippen molar-refractivity contribution in [1.82, 2.24) is 5.32 Å². The fourth-order valence-corrected chi connectivity index (χ4v) is 3.51. The molecule has 1 aromatic rings. The number of nitrogens with one attached hydrogen (secondary N) is 1. The van der Waals surface area contributed by atoms with Gasteiger partial charge in [0, 0.05) is 13.0 Å². The molecule has 0 spiro atoms. The molecule has 0 saturated heterocycles. The Labute approximate surface area is 122 Å². The molecule has 0 radical (unpaired) electrons. The minimum Gasteiger partial charge on any atom is -0.493 e. The highest BCUT2D eigenvalue weighted by Gasteiger charge is 2.17. The van der Waals surface area contributed by atoms with E-state index >= 15 is 0 Å². The van der Waals surface area contributed by atoms with Gasteiger partial charge in [0.1, 0.15) is 5.75 Å². The van der Waals surface area contributed by atoms with Crippen LogP contribution in [0.3, 0.4) is 0 Å². The summed E-state index contributed by atoms with van der Waals surface area (Å²) < 4.78 is 5.55. The summed E-state index contributed by atoms with van der Waals surface area (Å²) in [6.07, 6.45) is 8.19. The molecular formula is C18H27NO. The van der Waals surface area contributed by atoms with Crippen molar-refractivity contribution in [2.24, 2.45) is 11.8 Å². The van der Waals surface area contributed by atoms with E-state index in [0.717, 1.165) is 43.7 Å². The second-order valence-electron chi connectivity index (χ2n) is 6.63. The zero-order valence-electron chi connectivity index (χ0n) is 12.7. The third-order valence-corrected chi connectivity index (χ3v) is 4.95. The van der Waals surface area contributed by atoms with Crippen LogP contribution in [0.15, 0.2) is 18.2 Å². The van der Waals surface area contributed by atoms with Crippen molar-refractivity contribution in [1.29, 1.82) is 0 Å². The van der Waals surface area contributed by atoms with Crippen molar-refractivity contribution in [3.8, 4) is 5.75 Å². The lowest BCUT2D eigenvalue weighted by atomic mass is 9.81. The molecule has 2 nitrogen and oxygen atoms in total. The zero-order valence-corrected chi connectivity index (χ0v) is 12.7. The summed E-state index contributed by atoms with van der Waals surface area (Å²) in [6.45, 7) is 5.40. The van der Waals surface area contributed by atoms with Crippen LogP contribution in [0.1, 0.15) is 50.2 Å². The molecule has 1 aliphatic carbocycles. The molecule has 3 rings (SSSR count). The van der Waals surface area contributed by atoms with Crippen LogP contribution in [0.5, 0.6) is 5.75 Å². The average molecular weight is 273 g/mol. The Kier molecular flexibility index (Phi) is 4.62. The molecule has 2 heteroatoms. The first kappa shape index (κ1) is 13.9. The van der Waals surface area contributed by atoms with E-state index in [4.69, 9.17) is 4.74 Å². The minimum absolute atomic E-state index is 0.853. The third kappa shape index (κ3) is 3.54. The molecule has 0 bridgehead atoms. The highest BCUT2D eigenvalue weighted by atomic mass is 16.5. The zero-order chi connectivity index (χ0) is 13.8. The molecule has 0 amide bonds. The van der Waals surface area contributed by atoms with E-state index in [-0.39, 0.29) is 0 Å². The number of fused-ring (bicyclic) bond motifs is 1. The fraction of sp³-hybridized carbons (Fsp3) is 0.667. The van der Waals surface area contributed by atoms with Crippen molar-refractivity contribution < 1.29 is 4.74 Å². The van der Waals surface area contributed by atoms with Gasteiger partial charge in [0.05, 0.1) is 6.61 Å². The van der Waals surface area contributed by atoms with E-state index in [1.54, 1.807) is 0 Å². The van der Waals surface area contributed by atoms with Crippen LogP contribution in [-0.4, -0.2) is 13.2 Å². The average Bonchev–Trinajstić information content (AvgIpc) is 2.93. The highest BCUT2D eigenvalue weighted by Crippen LogP contribution is 2.30. The third-order valence-electron chi connectivity index (χ3n) is 4.95. The molecule has 0 atom stereocenters. The summed E-state index contributed by atoms with van der Waals surface area (Å²) in [5.74, 6) is 3.02. The molecule has 110 valence electrons. The number of hydrogen-bond acceptors (Lipinski definition) is 2. The fourth-order valence-electron chi connectivity index (χ4n) is 3.51. The topological polar surface area (TPSA) is 21.3 Å². The molecule has 1 fully saturated rings. The Morgan fingerprint density at radius 3 is 2.90 bits per heavy atom. The predicted molar refractivity (Wildman–Crippen MR) is 83.1 cm³/mol. The van der Waals surface area contributed by atoms with Crippen LogP contribution in [-0.2, 0) is 13.0 Å². The number of hydrogen-bond donors (Lipinski definition) is 1. The Hall–Kier alpha value is -1.02. The smallest absolute Gasteiger partial charge is 0.122 e. The van der Waals surface area contributed by atoms with Gasteiger partial charge in [-0.3, -0.25) is 0 Å². The molecule has 1 aliphatic heterocycles. The number of ether oxygens (including phenoxy) is 1. The Balaban J connectivity index is 1.37. The maximum Gasteiger partial charge on any atom is 0.122 e. The van der Waals surface area contributed by atoms with Gasteiger partial charge in [-0.05, 0) is 42.0 Å². The van der Waals surface area contributed by atoms with Gasteiger partial charge in [-0.15, -0.1) is 0 Å². The van der Waals surface area contributed by atoms with Crippen molar-refractivity contribution in [2.75, 3.05) is 13.2 Å². The maximum absolute atomic E-state index is 5.55. The van der Waals surface area contributed by atoms with Crippen LogP contribution < -0.4 is 10.1 Å². The second kappa shape index (κ2) is 6.62. The molecule has 1 heterocycles. The molecule has 0 unspecified atom stereocenters. The van der Waals surface area contributed by atoms with Gasteiger partial charge in [0.2, 0.25) is 0 Å². The lowest BCUT2D eigenvalue weighted by Crippen LogP contribution is -2.20. The Morgan fingerprint density at radius 1 is 1.20 bits per heavy atom. The summed E-state index contributed by atoms with van der Waals surface area (Å²) in [6, 6.07) is 6.62. The van der Waals surface area contributed by atoms with E-state index in [1.165, 1.54) is 43.2 Å². The van der Waals surface area contributed by atoms with Gasteiger partial charge < -0.3 is 10.1 Å². The minimum atomic E-state index is 0.853. The molecule has 1 saturated carbocycles. The van der Waals surface area contributed by atoms with E-state index in [9.17, 15) is 0 Å². The van der Waals surface area contributed by atoms with E-state index in [2.05, 4.69) is 30.4 Å². The van der Waals surface area contributed by atoms with Gasteiger partial charge >= 0.3 is 0 Å². The van der Waals surface area contributed by atoms with E-state index < -0.39 is 0 Å². The quantitative estimate of drug-likeness (QED) is 0.821. The van der Waals surface area contributed by atoms with Crippen LogP contribution in [0.25, 0.3) is 0 Å². The van der Waals surface area contributed by atoms with Crippen LogP contribution in [0.2, 0.25) is 0 Å². The van der Waals surface area contributed by atoms with E-state index in [1.807, 2.05) is 0 Å². The Morgan fingerprint density at radius 2 is 2.05 bits per heavy atom. The first-order valence-corrected chi connectivity index (χ1v) is 8.26. The van der Waals surface area contributed by atoms with Crippen molar-refractivity contribution in [3.63, 3.8) is 0 Å². The lowest BCUT2D eigenvalue weighted by Gasteiger charge is -2.26. The predicted octanol–water partition coefficient (Wildman–Crippen LogP) is 3.93. The van der Waals surface area contributed by atoms with Gasteiger partial charge in [-0.2, -0.15) is 0 Å². The van der Waals surface area contributed by atoms with Gasteiger partial charge in [-0.25, -0.2) is 0 Å². The summed E-state index contributed by atoms with van der Waals surface area (Å²) >= 11 is 0. The molecular weight excluding hydrogens is 246 g/mol. The monoisotopic (exact) mass is 273 g/mol. The SMILES string of the molecule is CC1CCC(CCNCc2ccc3c(c2)CCO3)CC1. The van der Waals surface area contributed by atoms with Crippen LogP contribution >= 0.6 is 0 Å². The highest BCUT2D eigenvalue weighted by molar-refractivity contribution is 5.39. The molecule has 20 heavy (non-hydrogen) atoms. The molecule has 2 aliphatic rings. The standard InChI is InChI=1S/C18H27NO/c1-14-2-4-15(5-3-14)8-10-19-13-16-6-7-18-17(12-16)9-11-20-18/h6-7,12,14-15,19H,2-5,8-11,13H2,1H3. The van der Waals surface area contributed by atoms with Gasteiger partial charge in [0.15, 0.2) is 0 Å². The van der Waals surface area contributed by atoms with Crippen molar-refractivity contribution in [3.05, 3.63) is 29.3 Å². The summed E-state index contributed by atoms with van der Waals surface area (Å²) in [5, 5.41) is 3.61. The van der Waals surface area contributed by atoms with Crippen molar-refractivity contribution >= 4 is 0 Å². The number of rotatable bonds is 5. The normalized spacial score (nSPS) is 25.2. The van der Waals surface area contributed by atoms with Gasteiger partial charge in [0.25, 0.3) is 0 Å². The van der Waals surface area contributed by atoms with Crippen molar-refractivity contribution in [2.45, 2.75) is 52.0 Å². The maximum atomic E-state index is 5.55. The van der Waals surface area contributed by atoms with E-state index in [0.29, 0.717) is 0 Å². The number of benzene rings is 1. The molecule has 0 aromatic heterocycles. The van der Waals surface area contributed by atoms with Gasteiger partial charge in [-0.1, -0.05) is 44.7 Å². The van der Waals surface area contributed by atoms with Crippen LogP contribution in [0, 0.1) is 11.8 Å². The first-order chi connectivity index (χ1) is 9.81. The first-order valence-electron chi connectivity index (χ1n) is 8.26. The summed E-state index contributed by atoms with van der Waals surface area (Å²) in [7, 11) is 0. The summed E-state index contributed by atoms with van der Waals surface area (Å²) in [4.78, 5) is 0. The van der Waals surface area contributed by atoms with Crippen LogP contribution in [0.4, 0.5) is 0 Å². The largest absolute Gasteiger partial charge is 0.493 e. The molecule has 1 N–H and O–H groups in total. The second-order valence-corrected chi connectivity index (χ2v) is 6.63. The lowest BCUT2D eigenvalue weighted by molar-refractivity contribution is 0.275.